The maximum absolute atomic E-state index is 12.7. The third-order valence-electron chi connectivity index (χ3n) is 5.33. The molecule has 11 heteroatoms. The maximum Gasteiger partial charge on any atom is 0.243 e. The van der Waals surface area contributed by atoms with Crippen molar-refractivity contribution in [2.45, 2.75) is 28.7 Å². The van der Waals surface area contributed by atoms with E-state index in [0.29, 0.717) is 39.5 Å². The molecule has 2 aliphatic rings. The van der Waals surface area contributed by atoms with Crippen LogP contribution in [-0.2, 0) is 29.5 Å². The molecular weight excluding hydrogens is 418 g/mol. The lowest BCUT2D eigenvalue weighted by atomic mass is 10.2. The van der Waals surface area contributed by atoms with Gasteiger partial charge in [0.2, 0.25) is 20.0 Å². The fourth-order valence-corrected chi connectivity index (χ4v) is 6.13. The molecule has 29 heavy (non-hydrogen) atoms. The highest BCUT2D eigenvalue weighted by molar-refractivity contribution is 7.89. The first-order chi connectivity index (χ1) is 13.8. The van der Waals surface area contributed by atoms with Crippen molar-refractivity contribution in [3.05, 3.63) is 24.3 Å². The van der Waals surface area contributed by atoms with Crippen molar-refractivity contribution >= 4 is 20.0 Å². The van der Waals surface area contributed by atoms with Gasteiger partial charge in [-0.05, 0) is 43.7 Å². The molecule has 1 aromatic rings. The van der Waals surface area contributed by atoms with Gasteiger partial charge in [-0.2, -0.15) is 4.31 Å². The van der Waals surface area contributed by atoms with E-state index in [4.69, 9.17) is 9.47 Å². The molecule has 1 atom stereocenters. The summed E-state index contributed by atoms with van der Waals surface area (Å²) in [5.74, 6) is 0. The van der Waals surface area contributed by atoms with Gasteiger partial charge in [-0.15, -0.1) is 0 Å². The summed E-state index contributed by atoms with van der Waals surface area (Å²) >= 11 is 0. The van der Waals surface area contributed by atoms with Crippen LogP contribution in [0.1, 0.15) is 12.8 Å². The Kier molecular flexibility index (Phi) is 7.65. The minimum absolute atomic E-state index is 0.0554. The minimum atomic E-state index is -3.72. The highest BCUT2D eigenvalue weighted by atomic mass is 32.2. The van der Waals surface area contributed by atoms with E-state index in [0.717, 1.165) is 25.9 Å². The standard InChI is InChI=1S/C18H29N3O6S2/c1-26-12-9-20-8-2-3-16(20)15-19-28(22,23)17-4-6-18(7-5-17)29(24,25)21-10-13-27-14-11-21/h4-7,16,19H,2-3,8-15H2,1H3. The second kappa shape index (κ2) is 9.82. The van der Waals surface area contributed by atoms with Gasteiger partial charge in [-0.3, -0.25) is 4.90 Å². The van der Waals surface area contributed by atoms with E-state index in [-0.39, 0.29) is 15.8 Å². The molecule has 0 spiro atoms. The van der Waals surface area contributed by atoms with Crippen LogP contribution in [0, 0.1) is 0 Å². The molecule has 0 saturated carbocycles. The monoisotopic (exact) mass is 447 g/mol. The van der Waals surface area contributed by atoms with E-state index >= 15 is 0 Å². The summed E-state index contributed by atoms with van der Waals surface area (Å²) in [7, 11) is -5.71. The number of benzene rings is 1. The molecular formula is C18H29N3O6S2. The molecule has 0 aromatic heterocycles. The number of methoxy groups -OCH3 is 1. The molecule has 0 aliphatic carbocycles. The van der Waals surface area contributed by atoms with Gasteiger partial charge in [0, 0.05) is 39.3 Å². The zero-order chi connectivity index (χ0) is 20.9. The molecule has 3 rings (SSSR count). The summed E-state index contributed by atoms with van der Waals surface area (Å²) in [5, 5.41) is 0. The minimum Gasteiger partial charge on any atom is -0.383 e. The largest absolute Gasteiger partial charge is 0.383 e. The fraction of sp³-hybridized carbons (Fsp3) is 0.667. The highest BCUT2D eigenvalue weighted by Crippen LogP contribution is 2.20. The van der Waals surface area contributed by atoms with Crippen LogP contribution in [-0.4, -0.2) is 91.7 Å². The summed E-state index contributed by atoms with van der Waals surface area (Å²) in [4.78, 5) is 2.36. The molecule has 0 amide bonds. The van der Waals surface area contributed by atoms with E-state index in [1.807, 2.05) is 0 Å². The fourth-order valence-electron chi connectivity index (χ4n) is 3.65. The molecule has 1 aromatic carbocycles. The summed E-state index contributed by atoms with van der Waals surface area (Å²) in [6, 6.07) is 5.51. The third-order valence-corrected chi connectivity index (χ3v) is 8.68. The quantitative estimate of drug-likeness (QED) is 0.572. The Balaban J connectivity index is 1.64. The predicted molar refractivity (Wildman–Crippen MR) is 108 cm³/mol. The van der Waals surface area contributed by atoms with Crippen molar-refractivity contribution in [1.29, 1.82) is 0 Å². The summed E-state index contributed by atoms with van der Waals surface area (Å²) in [6.07, 6.45) is 1.97. The van der Waals surface area contributed by atoms with Gasteiger partial charge in [0.15, 0.2) is 0 Å². The van der Waals surface area contributed by atoms with Gasteiger partial charge in [-0.25, -0.2) is 21.6 Å². The van der Waals surface area contributed by atoms with Crippen molar-refractivity contribution < 1.29 is 26.3 Å². The first-order valence-electron chi connectivity index (χ1n) is 9.75. The van der Waals surface area contributed by atoms with Crippen LogP contribution in [0.3, 0.4) is 0 Å². The lowest BCUT2D eigenvalue weighted by Crippen LogP contribution is -2.41. The molecule has 1 unspecified atom stereocenters. The van der Waals surface area contributed by atoms with Gasteiger partial charge < -0.3 is 9.47 Å². The number of hydrogen-bond acceptors (Lipinski definition) is 7. The summed E-state index contributed by atoms with van der Waals surface area (Å²) in [5.41, 5.74) is 0. The number of rotatable bonds is 9. The van der Waals surface area contributed by atoms with E-state index in [2.05, 4.69) is 9.62 Å². The van der Waals surface area contributed by atoms with Gasteiger partial charge in [0.05, 0.1) is 29.6 Å². The van der Waals surface area contributed by atoms with Gasteiger partial charge in [0.25, 0.3) is 0 Å². The summed E-state index contributed by atoms with van der Waals surface area (Å²) < 4.78 is 64.9. The molecule has 2 saturated heterocycles. The van der Waals surface area contributed by atoms with Gasteiger partial charge in [0.1, 0.15) is 0 Å². The molecule has 2 aliphatic heterocycles. The van der Waals surface area contributed by atoms with Crippen LogP contribution in [0.4, 0.5) is 0 Å². The Labute approximate surface area is 173 Å². The smallest absolute Gasteiger partial charge is 0.243 e. The van der Waals surface area contributed by atoms with Gasteiger partial charge >= 0.3 is 0 Å². The van der Waals surface area contributed by atoms with E-state index in [1.54, 1.807) is 7.11 Å². The Morgan fingerprint density at radius 3 is 2.38 bits per heavy atom. The number of sulfonamides is 2. The first kappa shape index (κ1) is 22.6. The highest BCUT2D eigenvalue weighted by Gasteiger charge is 2.28. The van der Waals surface area contributed by atoms with Gasteiger partial charge in [-0.1, -0.05) is 0 Å². The normalized spacial score (nSPS) is 22.2. The second-order valence-corrected chi connectivity index (χ2v) is 10.9. The molecule has 9 nitrogen and oxygen atoms in total. The van der Waals surface area contributed by atoms with Crippen LogP contribution in [0.2, 0.25) is 0 Å². The van der Waals surface area contributed by atoms with Crippen molar-refractivity contribution in [2.75, 3.05) is 59.7 Å². The van der Waals surface area contributed by atoms with Crippen LogP contribution in [0.5, 0.6) is 0 Å². The lowest BCUT2D eigenvalue weighted by Gasteiger charge is -2.26. The molecule has 0 bridgehead atoms. The van der Waals surface area contributed by atoms with Crippen LogP contribution >= 0.6 is 0 Å². The maximum atomic E-state index is 12.7. The average Bonchev–Trinajstić information content (AvgIpc) is 3.19. The van der Waals surface area contributed by atoms with Crippen LogP contribution in [0.15, 0.2) is 34.1 Å². The number of hydrogen-bond donors (Lipinski definition) is 1. The van der Waals surface area contributed by atoms with E-state index < -0.39 is 20.0 Å². The van der Waals surface area contributed by atoms with Crippen LogP contribution in [0.25, 0.3) is 0 Å². The van der Waals surface area contributed by atoms with Crippen LogP contribution < -0.4 is 4.72 Å². The number of likely N-dealkylation sites (tertiary alicyclic amines) is 1. The second-order valence-electron chi connectivity index (χ2n) is 7.16. The number of nitrogens with zero attached hydrogens (tertiary/aromatic N) is 2. The Morgan fingerprint density at radius 2 is 1.72 bits per heavy atom. The first-order valence-corrected chi connectivity index (χ1v) is 12.7. The van der Waals surface area contributed by atoms with Crippen molar-refractivity contribution in [2.24, 2.45) is 0 Å². The van der Waals surface area contributed by atoms with E-state index in [9.17, 15) is 16.8 Å². The Morgan fingerprint density at radius 1 is 1.07 bits per heavy atom. The lowest BCUT2D eigenvalue weighted by molar-refractivity contribution is 0.0730. The average molecular weight is 448 g/mol. The Hall–Kier alpha value is -1.08. The number of ether oxygens (including phenoxy) is 2. The molecule has 2 fully saturated rings. The Bertz CT molecular complexity index is 867. The van der Waals surface area contributed by atoms with E-state index in [1.165, 1.54) is 28.6 Å². The topological polar surface area (TPSA) is 105 Å². The third kappa shape index (κ3) is 5.54. The van der Waals surface area contributed by atoms with Crippen molar-refractivity contribution in [1.82, 2.24) is 13.9 Å². The zero-order valence-corrected chi connectivity index (χ0v) is 18.3. The SMILES string of the molecule is COCCN1CCCC1CNS(=O)(=O)c1ccc(S(=O)(=O)N2CCOCC2)cc1. The molecule has 164 valence electrons. The summed E-state index contributed by atoms with van der Waals surface area (Å²) in [6.45, 7) is 3.95. The number of nitrogens with one attached hydrogen (secondary N) is 1. The van der Waals surface area contributed by atoms with Crippen molar-refractivity contribution in [3.8, 4) is 0 Å². The van der Waals surface area contributed by atoms with Crippen molar-refractivity contribution in [3.63, 3.8) is 0 Å². The zero-order valence-electron chi connectivity index (χ0n) is 16.6. The predicted octanol–water partition coefficient (Wildman–Crippen LogP) is 0.0966. The number of morpholine rings is 1. The molecule has 0 radical (unpaired) electrons. The molecule has 2 heterocycles. The molecule has 1 N–H and O–H groups in total.